The molecule has 0 aliphatic rings. The molecule has 0 bridgehead atoms. The summed E-state index contributed by atoms with van der Waals surface area (Å²) in [6.45, 7) is 3.34. The van der Waals surface area contributed by atoms with Gasteiger partial charge in [-0.1, -0.05) is 25.1 Å². The zero-order valence-electron chi connectivity index (χ0n) is 12.3. The third-order valence-corrected chi connectivity index (χ3v) is 3.45. The van der Waals surface area contributed by atoms with Crippen molar-refractivity contribution in [2.24, 2.45) is 0 Å². The summed E-state index contributed by atoms with van der Waals surface area (Å²) in [7, 11) is 1.92. The minimum Gasteiger partial charge on any atom is -0.373 e. The van der Waals surface area contributed by atoms with Gasteiger partial charge in [-0.15, -0.1) is 0 Å². The molecule has 0 saturated heterocycles. The number of hydrogen-bond donors (Lipinski definition) is 1. The number of hydrogen-bond acceptors (Lipinski definition) is 2. The Balaban J connectivity index is 2.16. The van der Waals surface area contributed by atoms with E-state index in [1.54, 1.807) is 24.3 Å². The summed E-state index contributed by atoms with van der Waals surface area (Å²) in [5.74, 6) is -0.472. The molecule has 2 aromatic rings. The highest BCUT2D eigenvalue weighted by Gasteiger charge is 2.16. The minimum absolute atomic E-state index is 0.119. The normalized spacial score (nSPS) is 12.2. The van der Waals surface area contributed by atoms with Gasteiger partial charge in [0.1, 0.15) is 11.6 Å². The molecule has 2 nitrogen and oxygen atoms in total. The Kier molecular flexibility index (Phi) is 5.28. The second-order valence-electron chi connectivity index (χ2n) is 4.99. The van der Waals surface area contributed by atoms with Crippen LogP contribution in [0.15, 0.2) is 48.5 Å². The van der Waals surface area contributed by atoms with Crippen molar-refractivity contribution in [3.05, 3.63) is 65.7 Å². The first kappa shape index (κ1) is 15.4. The molecule has 21 heavy (non-hydrogen) atoms. The number of likely N-dealkylation sites (N-methyl/N-ethyl adjacent to an activating group) is 2. The van der Waals surface area contributed by atoms with Crippen molar-refractivity contribution < 1.29 is 8.78 Å². The third kappa shape index (κ3) is 4.02. The Morgan fingerprint density at radius 3 is 2.33 bits per heavy atom. The van der Waals surface area contributed by atoms with E-state index in [2.05, 4.69) is 5.32 Å². The molecule has 1 unspecified atom stereocenters. The van der Waals surface area contributed by atoms with Crippen LogP contribution in [0.1, 0.15) is 18.5 Å². The lowest BCUT2D eigenvalue weighted by Crippen LogP contribution is -2.33. The molecule has 2 rings (SSSR count). The smallest absolute Gasteiger partial charge is 0.128 e. The second kappa shape index (κ2) is 7.18. The lowest BCUT2D eigenvalue weighted by molar-refractivity contribution is 0.511. The van der Waals surface area contributed by atoms with Crippen LogP contribution >= 0.6 is 0 Å². The zero-order valence-corrected chi connectivity index (χ0v) is 12.3. The van der Waals surface area contributed by atoms with Crippen LogP contribution < -0.4 is 10.2 Å². The second-order valence-corrected chi connectivity index (χ2v) is 4.99. The fourth-order valence-corrected chi connectivity index (χ4v) is 2.35. The van der Waals surface area contributed by atoms with Gasteiger partial charge in [0, 0.05) is 24.8 Å². The van der Waals surface area contributed by atoms with E-state index in [4.69, 9.17) is 0 Å². The first-order chi connectivity index (χ1) is 10.1. The van der Waals surface area contributed by atoms with E-state index in [1.165, 1.54) is 18.2 Å². The fraction of sp³-hybridized carbons (Fsp3) is 0.294. The van der Waals surface area contributed by atoms with Gasteiger partial charge in [-0.2, -0.15) is 0 Å². The maximum atomic E-state index is 14.0. The van der Waals surface area contributed by atoms with Gasteiger partial charge in [-0.25, -0.2) is 8.78 Å². The molecule has 0 aliphatic heterocycles. The van der Waals surface area contributed by atoms with E-state index in [9.17, 15) is 8.78 Å². The Hall–Kier alpha value is -1.94. The van der Waals surface area contributed by atoms with Gasteiger partial charge in [0.15, 0.2) is 0 Å². The van der Waals surface area contributed by atoms with Crippen LogP contribution in [-0.2, 0) is 0 Å². The number of nitrogens with zero attached hydrogens (tertiary/aromatic N) is 1. The summed E-state index contributed by atoms with van der Waals surface area (Å²) < 4.78 is 26.9. The van der Waals surface area contributed by atoms with Crippen LogP contribution in [0.3, 0.4) is 0 Å². The number of rotatable bonds is 6. The van der Waals surface area contributed by atoms with Crippen molar-refractivity contribution in [1.82, 2.24) is 5.32 Å². The Morgan fingerprint density at radius 2 is 1.71 bits per heavy atom. The molecule has 2 aromatic carbocycles. The molecule has 0 fully saturated rings. The number of anilines is 1. The van der Waals surface area contributed by atoms with E-state index in [-0.39, 0.29) is 17.7 Å². The molecule has 112 valence electrons. The van der Waals surface area contributed by atoms with Crippen LogP contribution in [-0.4, -0.2) is 20.1 Å². The summed E-state index contributed by atoms with van der Waals surface area (Å²) in [6.07, 6.45) is 0. The number of halogens is 2. The number of benzene rings is 2. The van der Waals surface area contributed by atoms with Gasteiger partial charge in [-0.3, -0.25) is 0 Å². The highest BCUT2D eigenvalue weighted by molar-refractivity contribution is 5.46. The lowest BCUT2D eigenvalue weighted by Gasteiger charge is -2.27. The summed E-state index contributed by atoms with van der Waals surface area (Å²) in [5.41, 5.74) is 1.55. The molecule has 0 spiro atoms. The maximum absolute atomic E-state index is 14.0. The Labute approximate surface area is 124 Å². The van der Waals surface area contributed by atoms with Gasteiger partial charge in [0.25, 0.3) is 0 Å². The average Bonchev–Trinajstić information content (AvgIpc) is 2.48. The average molecular weight is 290 g/mol. The van der Waals surface area contributed by atoms with Crippen LogP contribution in [0.4, 0.5) is 14.5 Å². The highest BCUT2D eigenvalue weighted by atomic mass is 19.1. The first-order valence-corrected chi connectivity index (χ1v) is 7.06. The highest BCUT2D eigenvalue weighted by Crippen LogP contribution is 2.21. The topological polar surface area (TPSA) is 15.3 Å². The van der Waals surface area contributed by atoms with Crippen molar-refractivity contribution in [2.75, 3.05) is 25.0 Å². The van der Waals surface area contributed by atoms with Gasteiger partial charge >= 0.3 is 0 Å². The molecule has 0 saturated carbocycles. The molecule has 1 atom stereocenters. The third-order valence-electron chi connectivity index (χ3n) is 3.45. The van der Waals surface area contributed by atoms with E-state index >= 15 is 0 Å². The summed E-state index contributed by atoms with van der Waals surface area (Å²) >= 11 is 0. The monoisotopic (exact) mass is 290 g/mol. The SMILES string of the molecule is CCNC(CN(C)c1ccc(F)cc1)c1ccccc1F. The first-order valence-electron chi connectivity index (χ1n) is 7.06. The van der Waals surface area contributed by atoms with Crippen molar-refractivity contribution in [2.45, 2.75) is 13.0 Å². The quantitative estimate of drug-likeness (QED) is 0.871. The molecule has 1 N–H and O–H groups in total. The molecule has 4 heteroatoms. The largest absolute Gasteiger partial charge is 0.373 e. The van der Waals surface area contributed by atoms with Gasteiger partial charge in [-0.05, 0) is 36.9 Å². The van der Waals surface area contributed by atoms with Gasteiger partial charge in [0.2, 0.25) is 0 Å². The molecular weight excluding hydrogens is 270 g/mol. The van der Waals surface area contributed by atoms with Crippen molar-refractivity contribution in [1.29, 1.82) is 0 Å². The lowest BCUT2D eigenvalue weighted by atomic mass is 10.1. The summed E-state index contributed by atoms with van der Waals surface area (Å²) in [5, 5.41) is 3.30. The summed E-state index contributed by atoms with van der Waals surface area (Å²) in [4.78, 5) is 1.99. The van der Waals surface area contributed by atoms with Crippen molar-refractivity contribution >= 4 is 5.69 Å². The van der Waals surface area contributed by atoms with Gasteiger partial charge < -0.3 is 10.2 Å². The fourth-order valence-electron chi connectivity index (χ4n) is 2.35. The van der Waals surface area contributed by atoms with E-state index in [0.717, 1.165) is 12.2 Å². The molecular formula is C17H20F2N2. The summed E-state index contributed by atoms with van der Waals surface area (Å²) in [6, 6.07) is 13.0. The molecule has 0 radical (unpaired) electrons. The predicted molar refractivity (Wildman–Crippen MR) is 82.5 cm³/mol. The van der Waals surface area contributed by atoms with Crippen LogP contribution in [0, 0.1) is 11.6 Å². The predicted octanol–water partition coefficient (Wildman–Crippen LogP) is 3.75. The van der Waals surface area contributed by atoms with Gasteiger partial charge in [0.05, 0.1) is 6.04 Å². The number of nitrogens with one attached hydrogen (secondary N) is 1. The van der Waals surface area contributed by atoms with E-state index in [1.807, 2.05) is 24.9 Å². The standard InChI is InChI=1S/C17H20F2N2/c1-3-20-17(15-6-4-5-7-16(15)19)12-21(2)14-10-8-13(18)9-11-14/h4-11,17,20H,3,12H2,1-2H3. The Bertz CT molecular complexity index is 569. The molecule has 0 aliphatic carbocycles. The van der Waals surface area contributed by atoms with Crippen LogP contribution in [0.5, 0.6) is 0 Å². The van der Waals surface area contributed by atoms with Crippen molar-refractivity contribution in [3.63, 3.8) is 0 Å². The van der Waals surface area contributed by atoms with Crippen molar-refractivity contribution in [3.8, 4) is 0 Å². The molecule has 0 heterocycles. The minimum atomic E-state index is -0.260. The Morgan fingerprint density at radius 1 is 1.05 bits per heavy atom. The van der Waals surface area contributed by atoms with Crippen LogP contribution in [0.25, 0.3) is 0 Å². The zero-order chi connectivity index (χ0) is 15.2. The van der Waals surface area contributed by atoms with E-state index < -0.39 is 0 Å². The molecule has 0 amide bonds. The van der Waals surface area contributed by atoms with E-state index in [0.29, 0.717) is 12.1 Å². The van der Waals surface area contributed by atoms with Crippen LogP contribution in [0.2, 0.25) is 0 Å². The maximum Gasteiger partial charge on any atom is 0.128 e. The molecule has 0 aromatic heterocycles.